The zero-order chi connectivity index (χ0) is 14.7. The van der Waals surface area contributed by atoms with E-state index in [9.17, 15) is 4.39 Å². The van der Waals surface area contributed by atoms with Gasteiger partial charge in [-0.2, -0.15) is 0 Å². The molecule has 0 aliphatic rings. The van der Waals surface area contributed by atoms with Crippen LogP contribution in [0.15, 0.2) is 60.8 Å². The molecule has 0 amide bonds. The van der Waals surface area contributed by atoms with Crippen LogP contribution in [0.5, 0.6) is 0 Å². The molecule has 0 radical (unpaired) electrons. The van der Waals surface area contributed by atoms with E-state index < -0.39 is 5.82 Å². The summed E-state index contributed by atoms with van der Waals surface area (Å²) < 4.78 is 13.9. The molecule has 1 N–H and O–H groups in total. The summed E-state index contributed by atoms with van der Waals surface area (Å²) in [7, 11) is 1.70. The van der Waals surface area contributed by atoms with Crippen LogP contribution in [0.4, 0.5) is 10.3 Å². The minimum atomic E-state index is -0.429. The Morgan fingerprint density at radius 3 is 2.14 bits per heavy atom. The molecule has 0 bridgehead atoms. The quantitative estimate of drug-likeness (QED) is 0.787. The number of hydrogen-bond acceptors (Lipinski definition) is 3. The zero-order valence-corrected chi connectivity index (χ0v) is 11.5. The molecule has 0 aliphatic carbocycles. The van der Waals surface area contributed by atoms with Crippen molar-refractivity contribution < 1.29 is 4.39 Å². The van der Waals surface area contributed by atoms with Crippen molar-refractivity contribution in [2.45, 2.75) is 0 Å². The molecular formula is C17H14FN3. The molecule has 0 saturated heterocycles. The number of nitrogens with one attached hydrogen (secondary N) is 1. The van der Waals surface area contributed by atoms with Gasteiger partial charge in [0.1, 0.15) is 5.69 Å². The summed E-state index contributed by atoms with van der Waals surface area (Å²) >= 11 is 0. The molecule has 3 nitrogen and oxygen atoms in total. The lowest BCUT2D eigenvalue weighted by Gasteiger charge is -2.06. The van der Waals surface area contributed by atoms with Gasteiger partial charge in [0.15, 0.2) is 5.82 Å². The fourth-order valence-electron chi connectivity index (χ4n) is 2.14. The number of anilines is 1. The number of hydrogen-bond donors (Lipinski definition) is 1. The maximum Gasteiger partial charge on any atom is 0.223 e. The summed E-state index contributed by atoms with van der Waals surface area (Å²) in [6, 6.07) is 17.7. The van der Waals surface area contributed by atoms with Crippen molar-refractivity contribution in [2.75, 3.05) is 12.4 Å². The molecule has 0 aliphatic heterocycles. The fraction of sp³-hybridized carbons (Fsp3) is 0.0588. The molecule has 0 atom stereocenters. The Balaban J connectivity index is 1.98. The predicted octanol–water partition coefficient (Wildman–Crippen LogP) is 3.99. The van der Waals surface area contributed by atoms with E-state index in [4.69, 9.17) is 0 Å². The Morgan fingerprint density at radius 1 is 0.857 bits per heavy atom. The molecule has 3 rings (SSSR count). The third-order valence-electron chi connectivity index (χ3n) is 3.23. The summed E-state index contributed by atoms with van der Waals surface area (Å²) in [6.07, 6.45) is 1.18. The van der Waals surface area contributed by atoms with Gasteiger partial charge >= 0.3 is 0 Å². The van der Waals surface area contributed by atoms with E-state index in [1.807, 2.05) is 54.6 Å². The summed E-state index contributed by atoms with van der Waals surface area (Å²) in [6.45, 7) is 0. The Kier molecular flexibility index (Phi) is 3.60. The Bertz CT molecular complexity index is 740. The van der Waals surface area contributed by atoms with Crippen molar-refractivity contribution in [1.82, 2.24) is 9.97 Å². The van der Waals surface area contributed by atoms with Crippen LogP contribution in [0.3, 0.4) is 0 Å². The summed E-state index contributed by atoms with van der Waals surface area (Å²) in [5, 5.41) is 2.81. The van der Waals surface area contributed by atoms with Crippen molar-refractivity contribution in [1.29, 1.82) is 0 Å². The van der Waals surface area contributed by atoms with E-state index in [0.29, 0.717) is 11.6 Å². The highest BCUT2D eigenvalue weighted by atomic mass is 19.1. The topological polar surface area (TPSA) is 37.8 Å². The SMILES string of the molecule is CNc1ncc(F)c(-c2ccc(-c3ccccc3)cc2)n1. The second kappa shape index (κ2) is 5.71. The van der Waals surface area contributed by atoms with Gasteiger partial charge in [0.25, 0.3) is 0 Å². The largest absolute Gasteiger partial charge is 0.357 e. The highest BCUT2D eigenvalue weighted by molar-refractivity contribution is 5.69. The van der Waals surface area contributed by atoms with Crippen LogP contribution >= 0.6 is 0 Å². The average molecular weight is 279 g/mol. The normalized spacial score (nSPS) is 10.4. The van der Waals surface area contributed by atoms with Gasteiger partial charge in [0.05, 0.1) is 6.20 Å². The minimum absolute atomic E-state index is 0.300. The third kappa shape index (κ3) is 2.74. The van der Waals surface area contributed by atoms with Gasteiger partial charge in [-0.25, -0.2) is 14.4 Å². The van der Waals surface area contributed by atoms with Crippen molar-refractivity contribution in [3.05, 3.63) is 66.6 Å². The van der Waals surface area contributed by atoms with Gasteiger partial charge in [0, 0.05) is 12.6 Å². The van der Waals surface area contributed by atoms with Gasteiger partial charge in [-0.05, 0) is 11.1 Å². The first-order valence-electron chi connectivity index (χ1n) is 6.64. The lowest BCUT2D eigenvalue weighted by molar-refractivity contribution is 0.619. The van der Waals surface area contributed by atoms with Crippen LogP contribution in [-0.4, -0.2) is 17.0 Å². The molecule has 0 spiro atoms. The van der Waals surface area contributed by atoms with Gasteiger partial charge < -0.3 is 5.32 Å². The molecule has 0 fully saturated rings. The van der Waals surface area contributed by atoms with Gasteiger partial charge in [-0.1, -0.05) is 54.6 Å². The highest BCUT2D eigenvalue weighted by Gasteiger charge is 2.09. The number of rotatable bonds is 3. The molecule has 0 unspecified atom stereocenters. The molecule has 2 aromatic carbocycles. The van der Waals surface area contributed by atoms with Crippen LogP contribution in [0.25, 0.3) is 22.4 Å². The second-order valence-electron chi connectivity index (χ2n) is 4.58. The maximum absolute atomic E-state index is 13.9. The maximum atomic E-state index is 13.9. The number of halogens is 1. The van der Waals surface area contributed by atoms with Crippen LogP contribution in [-0.2, 0) is 0 Å². The zero-order valence-electron chi connectivity index (χ0n) is 11.5. The smallest absolute Gasteiger partial charge is 0.223 e. The van der Waals surface area contributed by atoms with Crippen LogP contribution < -0.4 is 5.32 Å². The van der Waals surface area contributed by atoms with E-state index in [1.54, 1.807) is 7.05 Å². The van der Waals surface area contributed by atoms with E-state index in [1.165, 1.54) is 6.20 Å². The Labute approximate surface area is 122 Å². The van der Waals surface area contributed by atoms with Gasteiger partial charge in [0.2, 0.25) is 5.95 Å². The van der Waals surface area contributed by atoms with Crippen LogP contribution in [0, 0.1) is 5.82 Å². The molecule has 3 aromatic rings. The first-order chi connectivity index (χ1) is 10.3. The standard InChI is InChI=1S/C17H14FN3/c1-19-17-20-11-15(18)16(21-17)14-9-7-13(8-10-14)12-5-3-2-4-6-12/h2-11H,1H3,(H,19,20,21). The van der Waals surface area contributed by atoms with E-state index in [2.05, 4.69) is 15.3 Å². The van der Waals surface area contributed by atoms with Crippen LogP contribution in [0.2, 0.25) is 0 Å². The van der Waals surface area contributed by atoms with Crippen LogP contribution in [0.1, 0.15) is 0 Å². The minimum Gasteiger partial charge on any atom is -0.357 e. The van der Waals surface area contributed by atoms with Crippen molar-refractivity contribution in [2.24, 2.45) is 0 Å². The van der Waals surface area contributed by atoms with Crippen molar-refractivity contribution >= 4 is 5.95 Å². The fourth-order valence-corrected chi connectivity index (χ4v) is 2.14. The van der Waals surface area contributed by atoms with Crippen molar-refractivity contribution in [3.63, 3.8) is 0 Å². The average Bonchev–Trinajstić information content (AvgIpc) is 2.56. The molecule has 1 aromatic heterocycles. The lowest BCUT2D eigenvalue weighted by atomic mass is 10.0. The van der Waals surface area contributed by atoms with E-state index >= 15 is 0 Å². The summed E-state index contributed by atoms with van der Waals surface area (Å²) in [5.74, 6) is -0.0278. The third-order valence-corrected chi connectivity index (χ3v) is 3.23. The molecule has 4 heteroatoms. The Morgan fingerprint density at radius 2 is 1.48 bits per heavy atom. The first kappa shape index (κ1) is 13.2. The van der Waals surface area contributed by atoms with Crippen molar-refractivity contribution in [3.8, 4) is 22.4 Å². The van der Waals surface area contributed by atoms with Gasteiger partial charge in [-0.3, -0.25) is 0 Å². The molecule has 1 heterocycles. The molecule has 0 saturated carbocycles. The number of benzene rings is 2. The monoisotopic (exact) mass is 279 g/mol. The highest BCUT2D eigenvalue weighted by Crippen LogP contribution is 2.25. The number of nitrogens with zero attached hydrogens (tertiary/aromatic N) is 2. The summed E-state index contributed by atoms with van der Waals surface area (Å²) in [5.41, 5.74) is 3.24. The lowest BCUT2D eigenvalue weighted by Crippen LogP contribution is -1.99. The molecular weight excluding hydrogens is 265 g/mol. The summed E-state index contributed by atoms with van der Waals surface area (Å²) in [4.78, 5) is 8.02. The van der Waals surface area contributed by atoms with E-state index in [-0.39, 0.29) is 0 Å². The first-order valence-corrected chi connectivity index (χ1v) is 6.64. The molecule has 21 heavy (non-hydrogen) atoms. The Hall–Kier alpha value is -2.75. The predicted molar refractivity (Wildman–Crippen MR) is 82.4 cm³/mol. The van der Waals surface area contributed by atoms with E-state index in [0.717, 1.165) is 16.7 Å². The van der Waals surface area contributed by atoms with Gasteiger partial charge in [-0.15, -0.1) is 0 Å². The molecule has 104 valence electrons. The second-order valence-corrected chi connectivity index (χ2v) is 4.58. The number of aromatic nitrogens is 2.